The Kier molecular flexibility index (Phi) is 7.49. The first kappa shape index (κ1) is 22.8. The first-order chi connectivity index (χ1) is 14.2. The van der Waals surface area contributed by atoms with Gasteiger partial charge in [-0.3, -0.25) is 14.9 Å². The maximum Gasteiger partial charge on any atom is 0.420 e. The second-order valence-corrected chi connectivity index (χ2v) is 6.48. The number of rotatable bonds is 7. The largest absolute Gasteiger partial charge is 0.493 e. The van der Waals surface area contributed by atoms with Gasteiger partial charge in [-0.15, -0.1) is 11.8 Å². The van der Waals surface area contributed by atoms with Crippen LogP contribution in [0, 0.1) is 11.3 Å². The van der Waals surface area contributed by atoms with Crippen molar-refractivity contribution in [1.29, 1.82) is 5.26 Å². The first-order valence-electron chi connectivity index (χ1n) is 8.21. The van der Waals surface area contributed by atoms with Gasteiger partial charge in [0.25, 0.3) is 5.91 Å². The summed E-state index contributed by atoms with van der Waals surface area (Å²) in [6.45, 7) is 0. The molecule has 2 rings (SSSR count). The molecule has 0 aromatic heterocycles. The number of carbonyl (C=O) groups excluding carboxylic acids is 2. The van der Waals surface area contributed by atoms with Gasteiger partial charge in [0.15, 0.2) is 11.5 Å². The van der Waals surface area contributed by atoms with Crippen LogP contribution in [0.1, 0.15) is 16.7 Å². The predicted molar refractivity (Wildman–Crippen MR) is 105 cm³/mol. The number of ether oxygens (including phenoxy) is 2. The molecule has 30 heavy (non-hydrogen) atoms. The molecule has 0 aliphatic rings. The van der Waals surface area contributed by atoms with E-state index in [1.54, 1.807) is 12.3 Å². The molecular weight excluding hydrogens is 421 g/mol. The summed E-state index contributed by atoms with van der Waals surface area (Å²) in [5, 5.41) is 10.9. The number of amides is 2. The summed E-state index contributed by atoms with van der Waals surface area (Å²) in [4.78, 5) is 22.5. The van der Waals surface area contributed by atoms with E-state index in [-0.39, 0.29) is 28.4 Å². The van der Waals surface area contributed by atoms with Gasteiger partial charge in [0.1, 0.15) is 5.75 Å². The summed E-state index contributed by atoms with van der Waals surface area (Å²) in [7, 11) is 1.31. The highest BCUT2D eigenvalue weighted by Gasteiger charge is 2.35. The number of imide groups is 1. The number of methoxy groups -OCH3 is 1. The Hall–Kier alpha value is -3.45. The Morgan fingerprint density at radius 1 is 1.17 bits per heavy atom. The quantitative estimate of drug-likeness (QED) is 0.513. The predicted octanol–water partition coefficient (Wildman–Crippen LogP) is 4.35. The number of hydrogen-bond donors (Lipinski definition) is 1. The number of nitriles is 1. The Morgan fingerprint density at radius 2 is 1.87 bits per heavy atom. The minimum atomic E-state index is -4.72. The zero-order chi connectivity index (χ0) is 22.3. The van der Waals surface area contributed by atoms with E-state index in [0.717, 1.165) is 17.8 Å². The van der Waals surface area contributed by atoms with E-state index in [1.165, 1.54) is 37.5 Å². The van der Waals surface area contributed by atoms with Gasteiger partial charge in [-0.1, -0.05) is 6.07 Å². The van der Waals surface area contributed by atoms with E-state index in [2.05, 4.69) is 0 Å². The maximum atomic E-state index is 13.3. The maximum absolute atomic E-state index is 13.3. The van der Waals surface area contributed by atoms with Crippen molar-refractivity contribution in [3.63, 3.8) is 0 Å². The van der Waals surface area contributed by atoms with Crippen molar-refractivity contribution in [1.82, 2.24) is 5.32 Å². The van der Waals surface area contributed by atoms with Gasteiger partial charge in [-0.25, -0.2) is 0 Å². The fourth-order valence-electron chi connectivity index (χ4n) is 2.38. The van der Waals surface area contributed by atoms with E-state index in [0.29, 0.717) is 11.6 Å². The van der Waals surface area contributed by atoms with Crippen LogP contribution < -0.4 is 14.8 Å². The number of thioether (sulfide) groups is 1. The van der Waals surface area contributed by atoms with Crippen LogP contribution in [-0.2, 0) is 15.8 Å². The number of alkyl halides is 3. The standard InChI is InChI=1S/C20H15F3N2O4S/c1-28-17-8-12(9-18(30-2)19(27)25-11-26)3-6-16(17)29-15-5-4-13(10-24)7-14(15)20(21,22)23/h3-9,11H,1-2H3,(H,25,26,27)/b18-9-. The zero-order valence-corrected chi connectivity index (χ0v) is 16.6. The van der Waals surface area contributed by atoms with Crippen molar-refractivity contribution in [2.75, 3.05) is 13.4 Å². The fourth-order valence-corrected chi connectivity index (χ4v) is 2.88. The first-order valence-corrected chi connectivity index (χ1v) is 9.43. The van der Waals surface area contributed by atoms with Crippen molar-refractivity contribution < 1.29 is 32.2 Å². The molecule has 6 nitrogen and oxygen atoms in total. The van der Waals surface area contributed by atoms with Gasteiger partial charge in [-0.05, 0) is 48.2 Å². The normalized spacial score (nSPS) is 11.4. The number of nitrogens with zero attached hydrogens (tertiary/aromatic N) is 1. The lowest BCUT2D eigenvalue weighted by atomic mass is 10.1. The van der Waals surface area contributed by atoms with Gasteiger partial charge in [0, 0.05) is 0 Å². The monoisotopic (exact) mass is 436 g/mol. The fraction of sp³-hybridized carbons (Fsp3) is 0.150. The summed E-state index contributed by atoms with van der Waals surface area (Å²) in [6, 6.07) is 9.00. The Balaban J connectivity index is 2.43. The van der Waals surface area contributed by atoms with Gasteiger partial charge in [0.05, 0.1) is 29.2 Å². The van der Waals surface area contributed by atoms with Crippen LogP contribution in [0.4, 0.5) is 13.2 Å². The van der Waals surface area contributed by atoms with Gasteiger partial charge in [0.2, 0.25) is 6.41 Å². The lowest BCUT2D eigenvalue weighted by Gasteiger charge is -2.16. The van der Waals surface area contributed by atoms with Crippen LogP contribution in [0.2, 0.25) is 0 Å². The summed E-state index contributed by atoms with van der Waals surface area (Å²) in [5.74, 6) is -0.951. The van der Waals surface area contributed by atoms with E-state index < -0.39 is 23.4 Å². The minimum absolute atomic E-state index is 0.00732. The summed E-state index contributed by atoms with van der Waals surface area (Å²) >= 11 is 1.11. The molecule has 0 aliphatic carbocycles. The smallest absolute Gasteiger partial charge is 0.420 e. The van der Waals surface area contributed by atoms with E-state index >= 15 is 0 Å². The highest BCUT2D eigenvalue weighted by atomic mass is 32.2. The second-order valence-electron chi connectivity index (χ2n) is 5.64. The van der Waals surface area contributed by atoms with Crippen LogP contribution in [-0.4, -0.2) is 25.7 Å². The highest BCUT2D eigenvalue weighted by molar-refractivity contribution is 8.03. The highest BCUT2D eigenvalue weighted by Crippen LogP contribution is 2.41. The van der Waals surface area contributed by atoms with Crippen LogP contribution >= 0.6 is 11.8 Å². The third-order valence-corrected chi connectivity index (χ3v) is 4.50. The number of nitrogens with one attached hydrogen (secondary N) is 1. The van der Waals surface area contributed by atoms with E-state index in [9.17, 15) is 22.8 Å². The molecule has 0 fully saturated rings. The van der Waals surface area contributed by atoms with E-state index in [1.807, 2.05) is 5.32 Å². The molecule has 2 aromatic rings. The molecule has 2 aromatic carbocycles. The Morgan fingerprint density at radius 3 is 2.43 bits per heavy atom. The van der Waals surface area contributed by atoms with Gasteiger partial charge in [-0.2, -0.15) is 18.4 Å². The third-order valence-electron chi connectivity index (χ3n) is 3.75. The lowest BCUT2D eigenvalue weighted by molar-refractivity contribution is -0.138. The molecule has 0 unspecified atom stereocenters. The van der Waals surface area contributed by atoms with Crippen LogP contribution in [0.3, 0.4) is 0 Å². The molecule has 0 heterocycles. The number of halogens is 3. The third kappa shape index (κ3) is 5.55. The van der Waals surface area contributed by atoms with Gasteiger partial charge >= 0.3 is 6.18 Å². The molecule has 0 spiro atoms. The SMILES string of the molecule is COc1cc(/C=C(\SC)C(=O)NC=O)ccc1Oc1ccc(C#N)cc1C(F)(F)F. The zero-order valence-electron chi connectivity index (χ0n) is 15.7. The molecule has 0 saturated carbocycles. The van der Waals surface area contributed by atoms with Crippen LogP contribution in [0.25, 0.3) is 6.08 Å². The van der Waals surface area contributed by atoms with Crippen LogP contribution in [0.5, 0.6) is 17.2 Å². The minimum Gasteiger partial charge on any atom is -0.493 e. The van der Waals surface area contributed by atoms with Crippen molar-refractivity contribution in [3.05, 3.63) is 58.0 Å². The van der Waals surface area contributed by atoms with E-state index in [4.69, 9.17) is 14.7 Å². The van der Waals surface area contributed by atoms with Crippen molar-refractivity contribution >= 4 is 30.2 Å². The molecule has 0 bridgehead atoms. The Labute approximate surface area is 174 Å². The van der Waals surface area contributed by atoms with Crippen molar-refractivity contribution in [2.24, 2.45) is 0 Å². The van der Waals surface area contributed by atoms with Gasteiger partial charge < -0.3 is 9.47 Å². The average molecular weight is 436 g/mol. The second kappa shape index (κ2) is 9.84. The molecule has 0 radical (unpaired) electrons. The molecule has 0 saturated heterocycles. The molecular formula is C20H15F3N2O4S. The molecule has 156 valence electrons. The topological polar surface area (TPSA) is 88.4 Å². The number of benzene rings is 2. The average Bonchev–Trinajstić information content (AvgIpc) is 2.72. The van der Waals surface area contributed by atoms with Crippen molar-refractivity contribution in [3.8, 4) is 23.3 Å². The molecule has 1 N–H and O–H groups in total. The number of carbonyl (C=O) groups is 2. The molecule has 10 heteroatoms. The lowest BCUT2D eigenvalue weighted by Crippen LogP contribution is -2.21. The summed E-state index contributed by atoms with van der Waals surface area (Å²) in [5.41, 5.74) is -0.747. The Bertz CT molecular complexity index is 1030. The number of hydrogen-bond acceptors (Lipinski definition) is 6. The van der Waals surface area contributed by atoms with Crippen molar-refractivity contribution in [2.45, 2.75) is 6.18 Å². The molecule has 0 aliphatic heterocycles. The molecule has 2 amide bonds. The summed E-state index contributed by atoms with van der Waals surface area (Å²) < 4.78 is 50.6. The summed E-state index contributed by atoms with van der Waals surface area (Å²) in [6.07, 6.45) is -1.33. The van der Waals surface area contributed by atoms with Crippen LogP contribution in [0.15, 0.2) is 41.3 Å². The molecule has 0 atom stereocenters.